The molecule has 33 heavy (non-hydrogen) atoms. The van der Waals surface area contributed by atoms with Crippen LogP contribution in [0.2, 0.25) is 0 Å². The molecule has 0 aliphatic heterocycles. The molecule has 2 aromatic carbocycles. The minimum atomic E-state index is -4.64. The molecule has 4 aromatic rings. The van der Waals surface area contributed by atoms with Crippen molar-refractivity contribution in [1.29, 1.82) is 0 Å². The molecule has 0 aliphatic rings. The van der Waals surface area contributed by atoms with Crippen LogP contribution in [0, 0.1) is 0 Å². The van der Waals surface area contributed by atoms with Crippen LogP contribution in [0.15, 0.2) is 54.7 Å². The number of hydrogen-bond donors (Lipinski definition) is 1. The molecule has 4 rings (SSSR count). The maximum Gasteiger partial charge on any atom is 0.418 e. The summed E-state index contributed by atoms with van der Waals surface area (Å²) >= 11 is 5.87. The van der Waals surface area contributed by atoms with Crippen molar-refractivity contribution in [3.63, 3.8) is 0 Å². The molecule has 0 fully saturated rings. The Bertz CT molecular complexity index is 1350. The van der Waals surface area contributed by atoms with Crippen LogP contribution in [-0.2, 0) is 18.2 Å². The predicted octanol–water partition coefficient (Wildman–Crippen LogP) is 6.72. The first-order valence-electron chi connectivity index (χ1n) is 9.35. The number of fused-ring (bicyclic) bond motifs is 1. The summed E-state index contributed by atoms with van der Waals surface area (Å²) in [6.45, 7) is 0. The van der Waals surface area contributed by atoms with Crippen molar-refractivity contribution in [2.75, 3.05) is 5.73 Å². The van der Waals surface area contributed by atoms with Gasteiger partial charge in [-0.25, -0.2) is 9.97 Å². The van der Waals surface area contributed by atoms with E-state index in [1.807, 2.05) is 0 Å². The van der Waals surface area contributed by atoms with Crippen LogP contribution in [0.25, 0.3) is 33.4 Å². The Morgan fingerprint density at radius 1 is 0.848 bits per heavy atom. The molecule has 0 saturated heterocycles. The Labute approximate surface area is 188 Å². The van der Waals surface area contributed by atoms with Gasteiger partial charge in [0.05, 0.1) is 33.9 Å². The van der Waals surface area contributed by atoms with Gasteiger partial charge >= 0.3 is 12.4 Å². The van der Waals surface area contributed by atoms with Crippen molar-refractivity contribution < 1.29 is 26.3 Å². The summed E-state index contributed by atoms with van der Waals surface area (Å²) in [7, 11) is 0. The van der Waals surface area contributed by atoms with Gasteiger partial charge in [0, 0.05) is 28.4 Å². The molecule has 2 heterocycles. The number of nitrogen functional groups attached to an aromatic ring is 1. The topological polar surface area (TPSA) is 64.7 Å². The van der Waals surface area contributed by atoms with Crippen LogP contribution in [-0.4, -0.2) is 15.0 Å². The van der Waals surface area contributed by atoms with Crippen LogP contribution in [0.1, 0.15) is 17.0 Å². The second-order valence-corrected chi connectivity index (χ2v) is 7.32. The molecule has 4 nitrogen and oxygen atoms in total. The van der Waals surface area contributed by atoms with Crippen LogP contribution < -0.4 is 5.73 Å². The fourth-order valence-corrected chi connectivity index (χ4v) is 3.51. The quantitative estimate of drug-likeness (QED) is 0.200. The van der Waals surface area contributed by atoms with E-state index < -0.39 is 23.5 Å². The van der Waals surface area contributed by atoms with Crippen LogP contribution in [0.4, 0.5) is 32.0 Å². The summed E-state index contributed by atoms with van der Waals surface area (Å²) < 4.78 is 80.1. The summed E-state index contributed by atoms with van der Waals surface area (Å²) in [6, 6.07) is 9.07. The Morgan fingerprint density at radius 3 is 2.27 bits per heavy atom. The molecule has 0 amide bonds. The number of halogens is 7. The highest BCUT2D eigenvalue weighted by Crippen LogP contribution is 2.39. The summed E-state index contributed by atoms with van der Waals surface area (Å²) in [5, 5.41) is 0.295. The Kier molecular flexibility index (Phi) is 5.65. The highest BCUT2D eigenvalue weighted by atomic mass is 35.5. The number of pyridine rings is 1. The van der Waals surface area contributed by atoms with Crippen LogP contribution in [0.5, 0.6) is 0 Å². The third-order valence-corrected chi connectivity index (χ3v) is 5.12. The van der Waals surface area contributed by atoms with Crippen molar-refractivity contribution in [3.8, 4) is 22.5 Å². The largest absolute Gasteiger partial charge is 0.418 e. The Morgan fingerprint density at radius 2 is 1.61 bits per heavy atom. The third kappa shape index (κ3) is 4.43. The smallest absolute Gasteiger partial charge is 0.398 e. The first-order valence-corrected chi connectivity index (χ1v) is 9.89. The lowest BCUT2D eigenvalue weighted by Crippen LogP contribution is -2.08. The molecule has 11 heteroatoms. The van der Waals surface area contributed by atoms with Gasteiger partial charge in [-0.1, -0.05) is 6.07 Å². The van der Waals surface area contributed by atoms with Gasteiger partial charge < -0.3 is 5.73 Å². The average molecular weight is 483 g/mol. The molecule has 0 saturated carbocycles. The van der Waals surface area contributed by atoms with Gasteiger partial charge in [0.2, 0.25) is 0 Å². The van der Waals surface area contributed by atoms with Crippen LogP contribution in [0.3, 0.4) is 0 Å². The number of anilines is 1. The molecule has 0 aliphatic carbocycles. The summed E-state index contributed by atoms with van der Waals surface area (Å²) in [5.74, 6) is -0.103. The zero-order chi connectivity index (χ0) is 24.0. The second-order valence-electron chi connectivity index (χ2n) is 7.05. The van der Waals surface area contributed by atoms with Gasteiger partial charge in [-0.3, -0.25) is 4.98 Å². The standard InChI is InChI=1S/C22H13ClF6N4/c23-10-18-32-17-8-11(19-15(22(27,28)29)2-1-7-31-19)3-5-13(17)20(33-18)14-9-12(21(24,25)26)4-6-16(14)30/h1-9H,10,30H2. The van der Waals surface area contributed by atoms with E-state index in [0.29, 0.717) is 5.39 Å². The SMILES string of the molecule is Nc1ccc(C(F)(F)F)cc1-c1nc(CCl)nc2cc(-c3ncccc3C(F)(F)F)ccc12. The Hall–Kier alpha value is -3.40. The summed E-state index contributed by atoms with van der Waals surface area (Å²) in [5.41, 5.74) is 4.21. The lowest BCUT2D eigenvalue weighted by atomic mass is 9.99. The van der Waals surface area contributed by atoms with Crippen molar-refractivity contribution in [2.45, 2.75) is 18.2 Å². The molecular weight excluding hydrogens is 470 g/mol. The van der Waals surface area contributed by atoms with E-state index in [2.05, 4.69) is 15.0 Å². The van der Waals surface area contributed by atoms with E-state index in [0.717, 1.165) is 24.3 Å². The van der Waals surface area contributed by atoms with E-state index in [9.17, 15) is 26.3 Å². The fraction of sp³-hybridized carbons (Fsp3) is 0.136. The number of aromatic nitrogens is 3. The van der Waals surface area contributed by atoms with E-state index in [1.54, 1.807) is 0 Å². The molecule has 170 valence electrons. The van der Waals surface area contributed by atoms with Gasteiger partial charge in [-0.05, 0) is 42.5 Å². The molecule has 2 N–H and O–H groups in total. The lowest BCUT2D eigenvalue weighted by Gasteiger charge is -2.15. The number of benzene rings is 2. The minimum Gasteiger partial charge on any atom is -0.398 e. The first kappa shape index (κ1) is 22.8. The van der Waals surface area contributed by atoms with Crippen molar-refractivity contribution in [2.24, 2.45) is 0 Å². The molecule has 2 aromatic heterocycles. The summed E-state index contributed by atoms with van der Waals surface area (Å²) in [6.07, 6.45) is -8.02. The number of nitrogens with two attached hydrogens (primary N) is 1. The third-order valence-electron chi connectivity index (χ3n) is 4.89. The maximum absolute atomic E-state index is 13.4. The lowest BCUT2D eigenvalue weighted by molar-refractivity contribution is -0.138. The molecule has 0 radical (unpaired) electrons. The number of nitrogens with zero attached hydrogens (tertiary/aromatic N) is 3. The van der Waals surface area contributed by atoms with Crippen LogP contribution >= 0.6 is 11.6 Å². The zero-order valence-electron chi connectivity index (χ0n) is 16.5. The highest BCUT2D eigenvalue weighted by molar-refractivity contribution is 6.16. The molecule has 0 atom stereocenters. The van der Waals surface area contributed by atoms with E-state index in [-0.39, 0.29) is 45.4 Å². The van der Waals surface area contributed by atoms with Crippen molar-refractivity contribution >= 4 is 28.2 Å². The normalized spacial score (nSPS) is 12.3. The molecule has 0 spiro atoms. The fourth-order valence-electron chi connectivity index (χ4n) is 3.39. The predicted molar refractivity (Wildman–Crippen MR) is 112 cm³/mol. The average Bonchev–Trinajstić information content (AvgIpc) is 2.77. The zero-order valence-corrected chi connectivity index (χ0v) is 17.2. The minimum absolute atomic E-state index is 0.00478. The van der Waals surface area contributed by atoms with Gasteiger partial charge in [0.25, 0.3) is 0 Å². The highest BCUT2D eigenvalue weighted by Gasteiger charge is 2.34. The van der Waals surface area contributed by atoms with Gasteiger partial charge in [-0.15, -0.1) is 11.6 Å². The van der Waals surface area contributed by atoms with E-state index in [1.165, 1.54) is 30.5 Å². The summed E-state index contributed by atoms with van der Waals surface area (Å²) in [4.78, 5) is 12.4. The number of rotatable bonds is 3. The van der Waals surface area contributed by atoms with Crippen molar-refractivity contribution in [1.82, 2.24) is 15.0 Å². The van der Waals surface area contributed by atoms with E-state index >= 15 is 0 Å². The van der Waals surface area contributed by atoms with Gasteiger partial charge in [0.15, 0.2) is 0 Å². The molecule has 0 unspecified atom stereocenters. The maximum atomic E-state index is 13.4. The number of hydrogen-bond acceptors (Lipinski definition) is 4. The monoisotopic (exact) mass is 482 g/mol. The van der Waals surface area contributed by atoms with Gasteiger partial charge in [-0.2, -0.15) is 26.3 Å². The molecule has 0 bridgehead atoms. The Balaban J connectivity index is 1.96. The van der Waals surface area contributed by atoms with Gasteiger partial charge in [0.1, 0.15) is 5.82 Å². The van der Waals surface area contributed by atoms with Crippen molar-refractivity contribution in [3.05, 3.63) is 71.7 Å². The van der Waals surface area contributed by atoms with E-state index in [4.69, 9.17) is 17.3 Å². The molecular formula is C22H13ClF6N4. The number of alkyl halides is 7. The first-order chi connectivity index (χ1) is 15.5. The second kappa shape index (κ2) is 8.18.